The summed E-state index contributed by atoms with van der Waals surface area (Å²) in [5, 5.41) is 0. The van der Waals surface area contributed by atoms with Crippen LogP contribution in [-0.4, -0.2) is 48.4 Å². The van der Waals surface area contributed by atoms with E-state index in [0.717, 1.165) is 38.2 Å². The van der Waals surface area contributed by atoms with E-state index in [4.69, 9.17) is 5.73 Å². The van der Waals surface area contributed by atoms with Gasteiger partial charge in [0.2, 0.25) is 5.91 Å². The standard InChI is InChI=1S/C18H29N3O/c1-4-20(5-2)16(15-9-7-6-8-10-15)17(22)21-12-11-18(3,13-19)14-21/h6-10,16H,4-5,11-14,19H2,1-3H3. The molecule has 1 saturated heterocycles. The molecule has 0 spiro atoms. The lowest BCUT2D eigenvalue weighted by Crippen LogP contribution is -2.43. The molecule has 1 aliphatic rings. The molecule has 4 nitrogen and oxygen atoms in total. The number of likely N-dealkylation sites (N-methyl/N-ethyl adjacent to an activating group) is 1. The van der Waals surface area contributed by atoms with Crippen molar-refractivity contribution in [1.82, 2.24) is 9.80 Å². The maximum absolute atomic E-state index is 13.2. The molecule has 1 aliphatic heterocycles. The van der Waals surface area contributed by atoms with E-state index in [1.165, 1.54) is 0 Å². The average molecular weight is 303 g/mol. The molecule has 4 heteroatoms. The second-order valence-corrected chi connectivity index (χ2v) is 6.56. The van der Waals surface area contributed by atoms with Crippen LogP contribution in [0, 0.1) is 5.41 Å². The van der Waals surface area contributed by atoms with Gasteiger partial charge in [0.1, 0.15) is 6.04 Å². The van der Waals surface area contributed by atoms with E-state index in [1.807, 2.05) is 23.1 Å². The Morgan fingerprint density at radius 3 is 2.45 bits per heavy atom. The second kappa shape index (κ2) is 7.25. The lowest BCUT2D eigenvalue weighted by atomic mass is 9.90. The molecule has 1 amide bonds. The van der Waals surface area contributed by atoms with Crippen LogP contribution in [0.2, 0.25) is 0 Å². The Labute approximate surface area is 134 Å². The Bertz CT molecular complexity index is 486. The van der Waals surface area contributed by atoms with E-state index in [0.29, 0.717) is 6.54 Å². The van der Waals surface area contributed by atoms with Crippen molar-refractivity contribution in [2.24, 2.45) is 11.1 Å². The first-order chi connectivity index (χ1) is 10.5. The largest absolute Gasteiger partial charge is 0.340 e. The zero-order chi connectivity index (χ0) is 16.2. The van der Waals surface area contributed by atoms with E-state index < -0.39 is 0 Å². The number of benzene rings is 1. The Hall–Kier alpha value is -1.39. The van der Waals surface area contributed by atoms with Crippen molar-refractivity contribution in [1.29, 1.82) is 0 Å². The summed E-state index contributed by atoms with van der Waals surface area (Å²) in [6.07, 6.45) is 0.995. The van der Waals surface area contributed by atoms with Crippen LogP contribution in [0.4, 0.5) is 0 Å². The van der Waals surface area contributed by atoms with Crippen molar-refractivity contribution in [2.45, 2.75) is 33.2 Å². The van der Waals surface area contributed by atoms with Crippen molar-refractivity contribution < 1.29 is 4.79 Å². The fourth-order valence-corrected chi connectivity index (χ4v) is 3.29. The predicted octanol–water partition coefficient (Wildman–Crippen LogP) is 2.27. The van der Waals surface area contributed by atoms with Gasteiger partial charge in [0, 0.05) is 13.1 Å². The van der Waals surface area contributed by atoms with E-state index in [-0.39, 0.29) is 17.4 Å². The highest BCUT2D eigenvalue weighted by atomic mass is 16.2. The summed E-state index contributed by atoms with van der Waals surface area (Å²) in [5.74, 6) is 0.215. The number of likely N-dealkylation sites (tertiary alicyclic amines) is 1. The van der Waals surface area contributed by atoms with Crippen molar-refractivity contribution in [3.05, 3.63) is 35.9 Å². The zero-order valence-corrected chi connectivity index (χ0v) is 14.1. The molecule has 0 bridgehead atoms. The molecular formula is C18H29N3O. The molecule has 1 aromatic rings. The highest BCUT2D eigenvalue weighted by Crippen LogP contribution is 2.32. The van der Waals surface area contributed by atoms with Crippen LogP contribution in [0.5, 0.6) is 0 Å². The number of nitrogens with zero attached hydrogens (tertiary/aromatic N) is 2. The van der Waals surface area contributed by atoms with Crippen LogP contribution in [0.3, 0.4) is 0 Å². The lowest BCUT2D eigenvalue weighted by molar-refractivity contribution is -0.136. The van der Waals surface area contributed by atoms with Gasteiger partial charge in [-0.05, 0) is 37.0 Å². The number of rotatable bonds is 6. The summed E-state index contributed by atoms with van der Waals surface area (Å²) in [6, 6.07) is 9.93. The molecule has 0 radical (unpaired) electrons. The summed E-state index contributed by atoms with van der Waals surface area (Å²) in [4.78, 5) is 17.4. The van der Waals surface area contributed by atoms with Crippen LogP contribution in [0.15, 0.2) is 30.3 Å². The van der Waals surface area contributed by atoms with Gasteiger partial charge in [0.15, 0.2) is 0 Å². The van der Waals surface area contributed by atoms with Crippen molar-refractivity contribution in [2.75, 3.05) is 32.7 Å². The van der Waals surface area contributed by atoms with Gasteiger partial charge in [-0.15, -0.1) is 0 Å². The maximum atomic E-state index is 13.2. The highest BCUT2D eigenvalue weighted by Gasteiger charge is 2.38. The van der Waals surface area contributed by atoms with Gasteiger partial charge in [-0.3, -0.25) is 9.69 Å². The Morgan fingerprint density at radius 2 is 1.95 bits per heavy atom. The first-order valence-corrected chi connectivity index (χ1v) is 8.32. The molecule has 0 aromatic heterocycles. The number of nitrogens with two attached hydrogens (primary N) is 1. The molecule has 2 unspecified atom stereocenters. The predicted molar refractivity (Wildman–Crippen MR) is 90.5 cm³/mol. The minimum Gasteiger partial charge on any atom is -0.340 e. The molecule has 1 aromatic carbocycles. The molecule has 2 rings (SSSR count). The van der Waals surface area contributed by atoms with Gasteiger partial charge in [-0.2, -0.15) is 0 Å². The van der Waals surface area contributed by atoms with Gasteiger partial charge in [0.05, 0.1) is 0 Å². The second-order valence-electron chi connectivity index (χ2n) is 6.56. The molecule has 0 saturated carbocycles. The molecule has 1 fully saturated rings. The molecule has 0 aliphatic carbocycles. The van der Waals surface area contributed by atoms with E-state index in [1.54, 1.807) is 0 Å². The minimum atomic E-state index is -0.184. The van der Waals surface area contributed by atoms with Crippen molar-refractivity contribution in [3.8, 4) is 0 Å². The van der Waals surface area contributed by atoms with Crippen LogP contribution in [0.25, 0.3) is 0 Å². The summed E-state index contributed by atoms with van der Waals surface area (Å²) in [7, 11) is 0. The summed E-state index contributed by atoms with van der Waals surface area (Å²) in [6.45, 7) is 10.4. The van der Waals surface area contributed by atoms with Gasteiger partial charge >= 0.3 is 0 Å². The zero-order valence-electron chi connectivity index (χ0n) is 14.1. The fraction of sp³-hybridized carbons (Fsp3) is 0.611. The molecule has 2 N–H and O–H groups in total. The molecule has 2 atom stereocenters. The van der Waals surface area contributed by atoms with E-state index in [9.17, 15) is 4.79 Å². The molecule has 22 heavy (non-hydrogen) atoms. The average Bonchev–Trinajstić information content (AvgIpc) is 2.96. The number of carbonyl (C=O) groups is 1. The SMILES string of the molecule is CCN(CC)C(C(=O)N1CCC(C)(CN)C1)c1ccccc1. The summed E-state index contributed by atoms with van der Waals surface area (Å²) in [5.41, 5.74) is 7.03. The monoisotopic (exact) mass is 303 g/mol. The summed E-state index contributed by atoms with van der Waals surface area (Å²) >= 11 is 0. The van der Waals surface area contributed by atoms with Crippen molar-refractivity contribution >= 4 is 5.91 Å². The number of amides is 1. The van der Waals surface area contributed by atoms with Gasteiger partial charge in [-0.1, -0.05) is 51.1 Å². The third kappa shape index (κ3) is 3.50. The Kier molecular flexibility index (Phi) is 5.59. The van der Waals surface area contributed by atoms with Gasteiger partial charge < -0.3 is 10.6 Å². The Balaban J connectivity index is 2.24. The van der Waals surface area contributed by atoms with Gasteiger partial charge in [0.25, 0.3) is 0 Å². The minimum absolute atomic E-state index is 0.0696. The first kappa shape index (κ1) is 17.0. The first-order valence-electron chi connectivity index (χ1n) is 8.32. The summed E-state index contributed by atoms with van der Waals surface area (Å²) < 4.78 is 0. The van der Waals surface area contributed by atoms with Crippen LogP contribution in [0.1, 0.15) is 38.8 Å². The fourth-order valence-electron chi connectivity index (χ4n) is 3.29. The number of hydrogen-bond donors (Lipinski definition) is 1. The lowest BCUT2D eigenvalue weighted by Gasteiger charge is -2.33. The topological polar surface area (TPSA) is 49.6 Å². The molecule has 122 valence electrons. The van der Waals surface area contributed by atoms with Crippen LogP contribution in [-0.2, 0) is 4.79 Å². The number of hydrogen-bond acceptors (Lipinski definition) is 3. The maximum Gasteiger partial charge on any atom is 0.244 e. The van der Waals surface area contributed by atoms with Crippen molar-refractivity contribution in [3.63, 3.8) is 0 Å². The van der Waals surface area contributed by atoms with Crippen LogP contribution < -0.4 is 5.73 Å². The quantitative estimate of drug-likeness (QED) is 0.877. The highest BCUT2D eigenvalue weighted by molar-refractivity contribution is 5.83. The molecule has 1 heterocycles. The third-order valence-electron chi connectivity index (χ3n) is 4.89. The van der Waals surface area contributed by atoms with E-state index >= 15 is 0 Å². The number of carbonyl (C=O) groups excluding carboxylic acids is 1. The smallest absolute Gasteiger partial charge is 0.244 e. The normalized spacial score (nSPS) is 23.0. The third-order valence-corrected chi connectivity index (χ3v) is 4.89. The van der Waals surface area contributed by atoms with E-state index in [2.05, 4.69) is 37.8 Å². The van der Waals surface area contributed by atoms with Crippen LogP contribution >= 0.6 is 0 Å². The van der Waals surface area contributed by atoms with Gasteiger partial charge in [-0.25, -0.2) is 0 Å². The molecular weight excluding hydrogens is 274 g/mol. The Morgan fingerprint density at radius 1 is 1.32 bits per heavy atom.